The van der Waals surface area contributed by atoms with Crippen molar-refractivity contribution in [2.45, 2.75) is 6.92 Å². The second kappa shape index (κ2) is 10.6. The fourth-order valence-electron chi connectivity index (χ4n) is 5.04. The zero-order valence-electron chi connectivity index (χ0n) is 22.6. The molecule has 7 rings (SSSR count). The maximum absolute atomic E-state index is 4.85. The molecule has 194 valence electrons. The van der Waals surface area contributed by atoms with Crippen LogP contribution in [0.4, 0.5) is 0 Å². The van der Waals surface area contributed by atoms with E-state index in [1.165, 1.54) is 16.5 Å². The van der Waals surface area contributed by atoms with Gasteiger partial charge in [0, 0.05) is 34.0 Å². The van der Waals surface area contributed by atoms with E-state index in [9.17, 15) is 0 Å². The van der Waals surface area contributed by atoms with Crippen LogP contribution in [0.1, 0.15) is 5.69 Å². The molecule has 5 aromatic carbocycles. The van der Waals surface area contributed by atoms with Crippen LogP contribution in [0.15, 0.2) is 140 Å². The van der Waals surface area contributed by atoms with E-state index in [0.717, 1.165) is 38.9 Å². The fourth-order valence-corrected chi connectivity index (χ4v) is 5.04. The predicted molar refractivity (Wildman–Crippen MR) is 167 cm³/mol. The normalized spacial score (nSPS) is 11.0. The molecular weight excluding hydrogens is 500 g/mol. The van der Waals surface area contributed by atoms with Gasteiger partial charge < -0.3 is 0 Å². The third-order valence-corrected chi connectivity index (χ3v) is 7.25. The maximum atomic E-state index is 4.85. The van der Waals surface area contributed by atoms with Crippen molar-refractivity contribution < 1.29 is 0 Å². The summed E-state index contributed by atoms with van der Waals surface area (Å²) in [5.41, 5.74) is 8.58. The number of aromatic nitrogens is 4. The molecule has 2 aromatic heterocycles. The highest BCUT2D eigenvalue weighted by atomic mass is 15.0. The second-order valence-electron chi connectivity index (χ2n) is 10.1. The van der Waals surface area contributed by atoms with E-state index in [1.54, 1.807) is 0 Å². The third-order valence-electron chi connectivity index (χ3n) is 7.25. The zero-order valence-corrected chi connectivity index (χ0v) is 22.6. The molecule has 0 amide bonds. The average Bonchev–Trinajstić information content (AvgIpc) is 3.05. The third kappa shape index (κ3) is 5.11. The second-order valence-corrected chi connectivity index (χ2v) is 10.1. The zero-order chi connectivity index (χ0) is 27.6. The minimum atomic E-state index is 0.654. The van der Waals surface area contributed by atoms with E-state index in [4.69, 9.17) is 15.0 Å². The first-order valence-corrected chi connectivity index (χ1v) is 13.6. The van der Waals surface area contributed by atoms with Crippen LogP contribution in [0.3, 0.4) is 0 Å². The number of nitrogens with zero attached hydrogens (tertiary/aromatic N) is 4. The van der Waals surface area contributed by atoms with E-state index in [0.29, 0.717) is 17.5 Å². The molecule has 0 spiro atoms. The number of aryl methyl sites for hydroxylation is 1. The summed E-state index contributed by atoms with van der Waals surface area (Å²) < 4.78 is 0. The quantitative estimate of drug-likeness (QED) is 0.224. The summed E-state index contributed by atoms with van der Waals surface area (Å²) in [4.78, 5) is 18.9. The van der Waals surface area contributed by atoms with Gasteiger partial charge in [-0.1, -0.05) is 121 Å². The van der Waals surface area contributed by atoms with Crippen LogP contribution in [0, 0.1) is 6.92 Å². The van der Waals surface area contributed by atoms with Gasteiger partial charge in [-0.25, -0.2) is 15.0 Å². The van der Waals surface area contributed by atoms with E-state index >= 15 is 0 Å². The number of fused-ring (bicyclic) bond motifs is 1. The van der Waals surface area contributed by atoms with Crippen molar-refractivity contribution in [2.75, 3.05) is 0 Å². The number of hydrogen-bond acceptors (Lipinski definition) is 4. The standard InChI is InChI=1S/C37H26N4/c1-25-22-34-23-32(20-21-33(34)24-38-25)28-14-12-26(13-15-28)27-16-18-31(19-17-27)37-40-35(29-8-4-2-5-9-29)39-36(41-37)30-10-6-3-7-11-30/h2-24H,1H3. The molecule has 0 aliphatic rings. The summed E-state index contributed by atoms with van der Waals surface area (Å²) in [6.07, 6.45) is 1.93. The molecule has 0 unspecified atom stereocenters. The van der Waals surface area contributed by atoms with Crippen molar-refractivity contribution in [3.63, 3.8) is 0 Å². The van der Waals surface area contributed by atoms with E-state index in [1.807, 2.05) is 73.8 Å². The van der Waals surface area contributed by atoms with Crippen LogP contribution in [-0.2, 0) is 0 Å². The lowest BCUT2D eigenvalue weighted by atomic mass is 9.98. The fraction of sp³-hybridized carbons (Fsp3) is 0.0270. The van der Waals surface area contributed by atoms with Crippen molar-refractivity contribution in [1.29, 1.82) is 0 Å². The molecule has 7 aromatic rings. The van der Waals surface area contributed by atoms with Crippen LogP contribution in [0.2, 0.25) is 0 Å². The van der Waals surface area contributed by atoms with Gasteiger partial charge in [0.25, 0.3) is 0 Å². The summed E-state index contributed by atoms with van der Waals surface area (Å²) in [5.74, 6) is 1.98. The Hall–Kier alpha value is -5.48. The summed E-state index contributed by atoms with van der Waals surface area (Å²) in [6, 6.07) is 45.9. The van der Waals surface area contributed by atoms with Crippen molar-refractivity contribution in [3.05, 3.63) is 145 Å². The van der Waals surface area contributed by atoms with E-state index < -0.39 is 0 Å². The molecule has 4 nitrogen and oxygen atoms in total. The summed E-state index contributed by atoms with van der Waals surface area (Å²) in [5, 5.41) is 2.36. The monoisotopic (exact) mass is 526 g/mol. The summed E-state index contributed by atoms with van der Waals surface area (Å²) in [7, 11) is 0. The van der Waals surface area contributed by atoms with Gasteiger partial charge in [-0.2, -0.15) is 0 Å². The van der Waals surface area contributed by atoms with Gasteiger partial charge in [-0.05, 0) is 46.7 Å². The van der Waals surface area contributed by atoms with Crippen LogP contribution in [0.5, 0.6) is 0 Å². The van der Waals surface area contributed by atoms with Gasteiger partial charge in [-0.15, -0.1) is 0 Å². The predicted octanol–water partition coefficient (Wildman–Crippen LogP) is 9.06. The van der Waals surface area contributed by atoms with Gasteiger partial charge in [0.1, 0.15) is 0 Å². The number of pyridine rings is 1. The lowest BCUT2D eigenvalue weighted by Crippen LogP contribution is -2.00. The lowest BCUT2D eigenvalue weighted by molar-refractivity contribution is 1.07. The molecule has 0 saturated carbocycles. The first-order chi connectivity index (χ1) is 20.2. The average molecular weight is 527 g/mol. The van der Waals surface area contributed by atoms with Crippen molar-refractivity contribution >= 4 is 10.8 Å². The molecule has 4 heteroatoms. The minimum absolute atomic E-state index is 0.654. The molecule has 0 bridgehead atoms. The molecule has 0 saturated heterocycles. The number of hydrogen-bond donors (Lipinski definition) is 0. The maximum Gasteiger partial charge on any atom is 0.164 e. The topological polar surface area (TPSA) is 51.6 Å². The molecule has 0 N–H and O–H groups in total. The Morgan fingerprint density at radius 1 is 0.366 bits per heavy atom. The van der Waals surface area contributed by atoms with Crippen molar-refractivity contribution in [1.82, 2.24) is 19.9 Å². The lowest BCUT2D eigenvalue weighted by Gasteiger charge is -2.09. The summed E-state index contributed by atoms with van der Waals surface area (Å²) in [6.45, 7) is 2.03. The van der Waals surface area contributed by atoms with Gasteiger partial charge >= 0.3 is 0 Å². The molecule has 0 atom stereocenters. The number of benzene rings is 5. The number of rotatable bonds is 5. The Morgan fingerprint density at radius 2 is 0.780 bits per heavy atom. The smallest absolute Gasteiger partial charge is 0.164 e. The molecule has 0 radical (unpaired) electrons. The van der Waals surface area contributed by atoms with Gasteiger partial charge in [0.15, 0.2) is 17.5 Å². The first-order valence-electron chi connectivity index (χ1n) is 13.6. The molecule has 0 aliphatic carbocycles. The first kappa shape index (κ1) is 24.6. The van der Waals surface area contributed by atoms with E-state index in [-0.39, 0.29) is 0 Å². The molecule has 0 aliphatic heterocycles. The van der Waals surface area contributed by atoms with Gasteiger partial charge in [0.05, 0.1) is 0 Å². The SMILES string of the molecule is Cc1cc2cc(-c3ccc(-c4ccc(-c5nc(-c6ccccc6)nc(-c6ccccc6)n5)cc4)cc3)ccc2cn1. The van der Waals surface area contributed by atoms with Crippen molar-refractivity contribution in [2.24, 2.45) is 0 Å². The van der Waals surface area contributed by atoms with Crippen LogP contribution in [0.25, 0.3) is 67.2 Å². The highest BCUT2D eigenvalue weighted by Crippen LogP contribution is 2.30. The Labute approximate surface area is 239 Å². The largest absolute Gasteiger partial charge is 0.261 e. The van der Waals surface area contributed by atoms with Crippen molar-refractivity contribution in [3.8, 4) is 56.4 Å². The Bertz CT molecular complexity index is 1910. The Morgan fingerprint density at radius 3 is 1.29 bits per heavy atom. The highest BCUT2D eigenvalue weighted by molar-refractivity contribution is 5.87. The molecule has 2 heterocycles. The highest BCUT2D eigenvalue weighted by Gasteiger charge is 2.12. The molecule has 41 heavy (non-hydrogen) atoms. The minimum Gasteiger partial charge on any atom is -0.261 e. The Kier molecular flexibility index (Phi) is 6.34. The molecular formula is C37H26N4. The Balaban J connectivity index is 1.20. The molecule has 0 fully saturated rings. The van der Waals surface area contributed by atoms with Crippen LogP contribution >= 0.6 is 0 Å². The van der Waals surface area contributed by atoms with Crippen LogP contribution in [-0.4, -0.2) is 19.9 Å². The summed E-state index contributed by atoms with van der Waals surface area (Å²) >= 11 is 0. The van der Waals surface area contributed by atoms with Gasteiger partial charge in [0.2, 0.25) is 0 Å². The van der Waals surface area contributed by atoms with Crippen LogP contribution < -0.4 is 0 Å². The van der Waals surface area contributed by atoms with Gasteiger partial charge in [-0.3, -0.25) is 4.98 Å². The van der Waals surface area contributed by atoms with E-state index in [2.05, 4.69) is 77.8 Å².